The second kappa shape index (κ2) is 6.96. The Kier molecular flexibility index (Phi) is 5.58. The summed E-state index contributed by atoms with van der Waals surface area (Å²) in [4.78, 5) is 20.2. The number of hydrogen-bond donors (Lipinski definition) is 1. The van der Waals surface area contributed by atoms with Crippen LogP contribution in [0.25, 0.3) is 0 Å². The van der Waals surface area contributed by atoms with Crippen LogP contribution < -0.4 is 5.73 Å². The summed E-state index contributed by atoms with van der Waals surface area (Å²) in [5.74, 6) is -0.0523. The third-order valence-electron chi connectivity index (χ3n) is 2.71. The molecule has 1 heterocycles. The molecule has 0 unspecified atom stereocenters. The van der Waals surface area contributed by atoms with Crippen molar-refractivity contribution in [3.05, 3.63) is 24.0 Å². The molecule has 0 spiro atoms. The third kappa shape index (κ3) is 4.33. The molecule has 0 aliphatic rings. The van der Waals surface area contributed by atoms with Gasteiger partial charge in [-0.1, -0.05) is 0 Å². The summed E-state index contributed by atoms with van der Waals surface area (Å²) in [6.07, 6.45) is 2.52. The summed E-state index contributed by atoms with van der Waals surface area (Å²) in [6, 6.07) is 3.30. The van der Waals surface area contributed by atoms with Crippen LogP contribution >= 0.6 is 0 Å². The molecule has 1 aromatic heterocycles. The van der Waals surface area contributed by atoms with Gasteiger partial charge in [0.1, 0.15) is 5.69 Å². The first-order chi connectivity index (χ1) is 8.54. The smallest absolute Gasteiger partial charge is 0.272 e. The van der Waals surface area contributed by atoms with Crippen molar-refractivity contribution in [3.8, 4) is 0 Å². The van der Waals surface area contributed by atoms with E-state index < -0.39 is 0 Å². The quantitative estimate of drug-likeness (QED) is 0.820. The molecule has 0 aliphatic heterocycles. The molecule has 0 fully saturated rings. The number of carbonyl (C=O) groups is 1. The third-order valence-corrected chi connectivity index (χ3v) is 2.71. The van der Waals surface area contributed by atoms with Crippen LogP contribution in [0.5, 0.6) is 0 Å². The Morgan fingerprint density at radius 2 is 2.11 bits per heavy atom. The molecule has 2 N–H and O–H groups in total. The highest BCUT2D eigenvalue weighted by Crippen LogP contribution is 2.07. The monoisotopic (exact) mass is 250 g/mol. The summed E-state index contributed by atoms with van der Waals surface area (Å²) >= 11 is 0. The summed E-state index contributed by atoms with van der Waals surface area (Å²) < 4.78 is 0. The van der Waals surface area contributed by atoms with Gasteiger partial charge in [-0.15, -0.1) is 0 Å². The fourth-order valence-electron chi connectivity index (χ4n) is 1.71. The Bertz CT molecular complexity index is 392. The van der Waals surface area contributed by atoms with E-state index in [-0.39, 0.29) is 5.91 Å². The number of nitrogen functional groups attached to an aromatic ring is 1. The van der Waals surface area contributed by atoms with Gasteiger partial charge in [-0.3, -0.25) is 9.78 Å². The zero-order valence-corrected chi connectivity index (χ0v) is 11.4. The minimum absolute atomic E-state index is 0.0523. The number of rotatable bonds is 6. The lowest BCUT2D eigenvalue weighted by Gasteiger charge is -2.21. The van der Waals surface area contributed by atoms with Gasteiger partial charge in [0.05, 0.1) is 0 Å². The van der Waals surface area contributed by atoms with Crippen LogP contribution in [0.3, 0.4) is 0 Å². The molecular weight excluding hydrogens is 228 g/mol. The largest absolute Gasteiger partial charge is 0.399 e. The lowest BCUT2D eigenvalue weighted by atomic mass is 10.2. The van der Waals surface area contributed by atoms with Gasteiger partial charge in [0.25, 0.3) is 5.91 Å². The molecule has 18 heavy (non-hydrogen) atoms. The number of carbonyl (C=O) groups excluding carboxylic acids is 1. The van der Waals surface area contributed by atoms with E-state index >= 15 is 0 Å². The van der Waals surface area contributed by atoms with Crippen molar-refractivity contribution in [1.29, 1.82) is 0 Å². The van der Waals surface area contributed by atoms with E-state index in [4.69, 9.17) is 5.73 Å². The van der Waals surface area contributed by atoms with Crippen LogP contribution in [-0.4, -0.2) is 54.4 Å². The summed E-state index contributed by atoms with van der Waals surface area (Å²) in [6.45, 7) is 4.36. The van der Waals surface area contributed by atoms with Crippen LogP contribution in [-0.2, 0) is 0 Å². The Morgan fingerprint density at radius 3 is 2.67 bits per heavy atom. The topological polar surface area (TPSA) is 62.5 Å². The van der Waals surface area contributed by atoms with E-state index in [1.807, 2.05) is 21.0 Å². The number of nitrogens with two attached hydrogens (primary N) is 1. The van der Waals surface area contributed by atoms with E-state index in [9.17, 15) is 4.79 Å². The van der Waals surface area contributed by atoms with Gasteiger partial charge in [0.15, 0.2) is 0 Å². The fourth-order valence-corrected chi connectivity index (χ4v) is 1.71. The van der Waals surface area contributed by atoms with Crippen molar-refractivity contribution >= 4 is 11.6 Å². The molecule has 0 saturated carbocycles. The molecule has 0 aliphatic carbocycles. The zero-order valence-electron chi connectivity index (χ0n) is 11.4. The van der Waals surface area contributed by atoms with Crippen molar-refractivity contribution in [2.75, 3.05) is 39.5 Å². The molecular formula is C13H22N4O. The standard InChI is InChI=1S/C13H22N4O/c1-4-17(9-5-8-16(2)3)13(18)12-10-11(14)6-7-15-12/h6-7,10H,4-5,8-9H2,1-3H3,(H2,14,15). The SMILES string of the molecule is CCN(CCCN(C)C)C(=O)c1cc(N)ccn1. The van der Waals surface area contributed by atoms with Crippen LogP contribution in [0.2, 0.25) is 0 Å². The van der Waals surface area contributed by atoms with E-state index in [2.05, 4.69) is 9.88 Å². The number of anilines is 1. The summed E-state index contributed by atoms with van der Waals surface area (Å²) in [5.41, 5.74) is 6.65. The maximum Gasteiger partial charge on any atom is 0.272 e. The summed E-state index contributed by atoms with van der Waals surface area (Å²) in [7, 11) is 4.05. The minimum atomic E-state index is -0.0523. The molecule has 0 atom stereocenters. The Labute approximate surface area is 109 Å². The van der Waals surface area contributed by atoms with Crippen LogP contribution in [0.1, 0.15) is 23.8 Å². The second-order valence-electron chi connectivity index (χ2n) is 4.52. The lowest BCUT2D eigenvalue weighted by molar-refractivity contribution is 0.0753. The lowest BCUT2D eigenvalue weighted by Crippen LogP contribution is -2.33. The van der Waals surface area contributed by atoms with Gasteiger partial charge in [-0.25, -0.2) is 0 Å². The first-order valence-electron chi connectivity index (χ1n) is 6.20. The van der Waals surface area contributed by atoms with Crippen molar-refractivity contribution in [2.24, 2.45) is 0 Å². The second-order valence-corrected chi connectivity index (χ2v) is 4.52. The number of pyridine rings is 1. The average molecular weight is 250 g/mol. The number of hydrogen-bond acceptors (Lipinski definition) is 4. The molecule has 1 rings (SSSR count). The Morgan fingerprint density at radius 1 is 1.39 bits per heavy atom. The maximum absolute atomic E-state index is 12.2. The molecule has 1 aromatic rings. The zero-order chi connectivity index (χ0) is 13.5. The van der Waals surface area contributed by atoms with Gasteiger partial charge < -0.3 is 15.5 Å². The van der Waals surface area contributed by atoms with Gasteiger partial charge in [-0.2, -0.15) is 0 Å². The average Bonchev–Trinajstić information content (AvgIpc) is 2.33. The van der Waals surface area contributed by atoms with E-state index in [1.165, 1.54) is 0 Å². The van der Waals surface area contributed by atoms with E-state index in [0.717, 1.165) is 19.5 Å². The fraction of sp³-hybridized carbons (Fsp3) is 0.538. The van der Waals surface area contributed by atoms with Gasteiger partial charge >= 0.3 is 0 Å². The molecule has 0 bridgehead atoms. The molecule has 0 radical (unpaired) electrons. The van der Waals surface area contributed by atoms with E-state index in [0.29, 0.717) is 17.9 Å². The van der Waals surface area contributed by atoms with Crippen LogP contribution in [0.4, 0.5) is 5.69 Å². The minimum Gasteiger partial charge on any atom is -0.399 e. The number of nitrogens with zero attached hydrogens (tertiary/aromatic N) is 3. The van der Waals surface area contributed by atoms with Crippen LogP contribution in [0, 0.1) is 0 Å². The molecule has 100 valence electrons. The maximum atomic E-state index is 12.2. The molecule has 0 saturated heterocycles. The Balaban J connectivity index is 2.62. The highest BCUT2D eigenvalue weighted by molar-refractivity contribution is 5.93. The van der Waals surface area contributed by atoms with E-state index in [1.54, 1.807) is 23.2 Å². The molecule has 1 amide bonds. The highest BCUT2D eigenvalue weighted by Gasteiger charge is 2.15. The number of aromatic nitrogens is 1. The van der Waals surface area contributed by atoms with Gasteiger partial charge in [0.2, 0.25) is 0 Å². The predicted octanol–water partition coefficient (Wildman–Crippen LogP) is 1.08. The highest BCUT2D eigenvalue weighted by atomic mass is 16.2. The normalized spacial score (nSPS) is 10.7. The first kappa shape index (κ1) is 14.4. The predicted molar refractivity (Wildman–Crippen MR) is 73.4 cm³/mol. The number of amides is 1. The van der Waals surface area contributed by atoms with Crippen molar-refractivity contribution in [2.45, 2.75) is 13.3 Å². The Hall–Kier alpha value is -1.62. The first-order valence-corrected chi connectivity index (χ1v) is 6.20. The molecule has 0 aromatic carbocycles. The van der Waals surface area contributed by atoms with Gasteiger partial charge in [0, 0.05) is 25.0 Å². The van der Waals surface area contributed by atoms with Crippen molar-refractivity contribution in [3.63, 3.8) is 0 Å². The van der Waals surface area contributed by atoms with Crippen LogP contribution in [0.15, 0.2) is 18.3 Å². The molecule has 5 heteroatoms. The summed E-state index contributed by atoms with van der Waals surface area (Å²) in [5, 5.41) is 0. The van der Waals surface area contributed by atoms with Gasteiger partial charge in [-0.05, 0) is 46.1 Å². The molecule has 5 nitrogen and oxygen atoms in total. The van der Waals surface area contributed by atoms with Crippen molar-refractivity contribution in [1.82, 2.24) is 14.8 Å². The van der Waals surface area contributed by atoms with Crippen molar-refractivity contribution < 1.29 is 4.79 Å².